The van der Waals surface area contributed by atoms with Crippen molar-refractivity contribution in [3.8, 4) is 34.8 Å². The van der Waals surface area contributed by atoms with E-state index < -0.39 is 0 Å². The molecule has 3 aromatic rings. The highest BCUT2D eigenvalue weighted by molar-refractivity contribution is 5.64. The number of fused-ring (bicyclic) bond motifs is 1. The van der Waals surface area contributed by atoms with Crippen LogP contribution in [0.2, 0.25) is 0 Å². The van der Waals surface area contributed by atoms with Gasteiger partial charge < -0.3 is 19.5 Å². The maximum absolute atomic E-state index is 9.28. The molecule has 152 valence electrons. The lowest BCUT2D eigenvalue weighted by molar-refractivity contribution is 0.0903. The van der Waals surface area contributed by atoms with Crippen LogP contribution in [0.3, 0.4) is 0 Å². The molecule has 9 heteroatoms. The van der Waals surface area contributed by atoms with Crippen LogP contribution in [0.1, 0.15) is 18.5 Å². The summed E-state index contributed by atoms with van der Waals surface area (Å²) in [6.45, 7) is 1.68. The van der Waals surface area contributed by atoms with Crippen LogP contribution in [-0.4, -0.2) is 45.6 Å². The van der Waals surface area contributed by atoms with Crippen molar-refractivity contribution in [3.63, 3.8) is 0 Å². The third-order valence-electron chi connectivity index (χ3n) is 5.15. The first-order chi connectivity index (χ1) is 14.8. The second-order valence-corrected chi connectivity index (χ2v) is 7.08. The van der Waals surface area contributed by atoms with Crippen LogP contribution in [0.4, 0.5) is 5.95 Å². The Labute approximate surface area is 173 Å². The number of nitrogens with one attached hydrogen (secondary N) is 1. The van der Waals surface area contributed by atoms with Gasteiger partial charge in [0.2, 0.25) is 12.7 Å². The summed E-state index contributed by atoms with van der Waals surface area (Å²) in [5.41, 5.74) is 1.60. The molecule has 4 heterocycles. The minimum absolute atomic E-state index is 0.208. The molecule has 1 aromatic carbocycles. The minimum Gasteiger partial charge on any atom is -0.454 e. The van der Waals surface area contributed by atoms with E-state index in [9.17, 15) is 5.26 Å². The van der Waals surface area contributed by atoms with E-state index in [0.29, 0.717) is 29.1 Å². The molecule has 2 aliphatic rings. The number of imidazole rings is 1. The molecule has 9 nitrogen and oxygen atoms in total. The summed E-state index contributed by atoms with van der Waals surface area (Å²) in [4.78, 5) is 13.6. The van der Waals surface area contributed by atoms with Gasteiger partial charge in [0, 0.05) is 31.0 Å². The van der Waals surface area contributed by atoms with E-state index in [1.807, 2.05) is 28.8 Å². The summed E-state index contributed by atoms with van der Waals surface area (Å²) < 4.78 is 18.2. The molecule has 0 atom stereocenters. The van der Waals surface area contributed by atoms with Gasteiger partial charge in [-0.05, 0) is 37.1 Å². The summed E-state index contributed by atoms with van der Waals surface area (Å²) in [5, 5.41) is 12.7. The van der Waals surface area contributed by atoms with Crippen molar-refractivity contribution in [2.45, 2.75) is 25.3 Å². The van der Waals surface area contributed by atoms with Crippen LogP contribution < -0.4 is 14.8 Å². The van der Waals surface area contributed by atoms with Crippen LogP contribution in [0.25, 0.3) is 17.2 Å². The van der Waals surface area contributed by atoms with Gasteiger partial charge in [-0.2, -0.15) is 10.2 Å². The predicted molar refractivity (Wildman–Crippen MR) is 107 cm³/mol. The minimum atomic E-state index is 0.208. The Balaban J connectivity index is 1.52. The molecule has 0 saturated carbocycles. The summed E-state index contributed by atoms with van der Waals surface area (Å²) in [5.74, 6) is 3.25. The smallest absolute Gasteiger partial charge is 0.231 e. The second-order valence-electron chi connectivity index (χ2n) is 7.08. The van der Waals surface area contributed by atoms with Crippen LogP contribution in [0, 0.1) is 11.3 Å². The number of benzene rings is 1. The lowest BCUT2D eigenvalue weighted by Crippen LogP contribution is -2.28. The fraction of sp³-hybridized carbons (Fsp3) is 0.333. The van der Waals surface area contributed by atoms with Crippen molar-refractivity contribution in [3.05, 3.63) is 42.4 Å². The quantitative estimate of drug-likeness (QED) is 0.692. The first kappa shape index (κ1) is 18.4. The molecule has 0 bridgehead atoms. The fourth-order valence-corrected chi connectivity index (χ4v) is 3.66. The van der Waals surface area contributed by atoms with Crippen molar-refractivity contribution in [1.29, 1.82) is 5.26 Å². The Kier molecular flexibility index (Phi) is 4.91. The van der Waals surface area contributed by atoms with Crippen molar-refractivity contribution in [2.24, 2.45) is 0 Å². The molecule has 1 N–H and O–H groups in total. The topological polar surface area (TPSA) is 107 Å². The van der Waals surface area contributed by atoms with Crippen molar-refractivity contribution >= 4 is 5.95 Å². The summed E-state index contributed by atoms with van der Waals surface area (Å²) in [7, 11) is 0. The molecular weight excluding hydrogens is 384 g/mol. The Morgan fingerprint density at radius 2 is 2.00 bits per heavy atom. The first-order valence-corrected chi connectivity index (χ1v) is 9.83. The zero-order chi connectivity index (χ0) is 20.3. The summed E-state index contributed by atoms with van der Waals surface area (Å²) in [6, 6.07) is 9.97. The third kappa shape index (κ3) is 3.53. The molecular formula is C21H20N6O3. The fourth-order valence-electron chi connectivity index (χ4n) is 3.66. The maximum atomic E-state index is 9.28. The second kappa shape index (κ2) is 8.00. The molecule has 30 heavy (non-hydrogen) atoms. The largest absolute Gasteiger partial charge is 0.454 e. The van der Waals surface area contributed by atoms with Gasteiger partial charge in [0.05, 0.1) is 24.4 Å². The van der Waals surface area contributed by atoms with Gasteiger partial charge in [0.15, 0.2) is 11.5 Å². The van der Waals surface area contributed by atoms with Crippen LogP contribution in [0.15, 0.2) is 36.7 Å². The zero-order valence-corrected chi connectivity index (χ0v) is 16.2. The lowest BCUT2D eigenvalue weighted by Gasteiger charge is -2.23. The van der Waals surface area contributed by atoms with E-state index >= 15 is 0 Å². The molecule has 5 rings (SSSR count). The monoisotopic (exact) mass is 404 g/mol. The van der Waals surface area contributed by atoms with Gasteiger partial charge >= 0.3 is 0 Å². The maximum Gasteiger partial charge on any atom is 0.231 e. The Bertz CT molecular complexity index is 1100. The number of anilines is 1. The molecule has 0 amide bonds. The van der Waals surface area contributed by atoms with Crippen LogP contribution in [0.5, 0.6) is 11.5 Å². The molecule has 2 aromatic heterocycles. The highest BCUT2D eigenvalue weighted by atomic mass is 16.7. The third-order valence-corrected chi connectivity index (χ3v) is 5.15. The van der Waals surface area contributed by atoms with Crippen molar-refractivity contribution in [1.82, 2.24) is 19.5 Å². The van der Waals surface area contributed by atoms with Crippen LogP contribution >= 0.6 is 0 Å². The van der Waals surface area contributed by atoms with E-state index in [4.69, 9.17) is 19.2 Å². The molecule has 0 spiro atoms. The van der Waals surface area contributed by atoms with Gasteiger partial charge in [-0.15, -0.1) is 0 Å². The number of nitriles is 1. The molecule has 0 unspecified atom stereocenters. The first-order valence-electron chi connectivity index (χ1n) is 9.83. The lowest BCUT2D eigenvalue weighted by atomic mass is 10.1. The summed E-state index contributed by atoms with van der Waals surface area (Å²) in [6.07, 6.45) is 5.46. The number of aromatic nitrogens is 4. The molecule has 0 radical (unpaired) electrons. The van der Waals surface area contributed by atoms with Crippen molar-refractivity contribution < 1.29 is 14.2 Å². The van der Waals surface area contributed by atoms with Gasteiger partial charge in [0.1, 0.15) is 11.6 Å². The van der Waals surface area contributed by atoms with Gasteiger partial charge in [-0.1, -0.05) is 0 Å². The Morgan fingerprint density at radius 3 is 2.87 bits per heavy atom. The SMILES string of the molecule is N#CCc1cnc(-c2ccc3c(c2)OCO3)n1-c1ccnc(NC2CCOCC2)n1. The van der Waals surface area contributed by atoms with Crippen LogP contribution in [-0.2, 0) is 11.2 Å². The number of nitrogens with zero attached hydrogens (tertiary/aromatic N) is 5. The van der Waals surface area contributed by atoms with E-state index in [1.54, 1.807) is 12.4 Å². The summed E-state index contributed by atoms with van der Waals surface area (Å²) >= 11 is 0. The van der Waals surface area contributed by atoms with Gasteiger partial charge in [-0.25, -0.2) is 9.97 Å². The predicted octanol–water partition coefficient (Wildman–Crippen LogP) is 2.71. The standard InChI is InChI=1S/C21H20N6O3/c22-7-3-16-12-24-20(14-1-2-17-18(11-14)30-13-29-17)27(16)19-4-8-23-21(26-19)25-15-5-9-28-10-6-15/h1-2,4,8,11-12,15H,3,5-6,9-10,13H2,(H,23,25,26). The van der Waals surface area contributed by atoms with Crippen molar-refractivity contribution in [2.75, 3.05) is 25.3 Å². The van der Waals surface area contributed by atoms with E-state index in [-0.39, 0.29) is 19.3 Å². The highest BCUT2D eigenvalue weighted by Gasteiger charge is 2.20. The van der Waals surface area contributed by atoms with E-state index in [0.717, 1.165) is 37.3 Å². The molecule has 1 saturated heterocycles. The number of hydrogen-bond donors (Lipinski definition) is 1. The Hall–Kier alpha value is -3.64. The van der Waals surface area contributed by atoms with Gasteiger partial charge in [-0.3, -0.25) is 4.57 Å². The molecule has 2 aliphatic heterocycles. The zero-order valence-electron chi connectivity index (χ0n) is 16.2. The van der Waals surface area contributed by atoms with E-state index in [2.05, 4.69) is 21.4 Å². The number of rotatable bonds is 5. The molecule has 1 fully saturated rings. The average molecular weight is 404 g/mol. The number of hydrogen-bond acceptors (Lipinski definition) is 8. The van der Waals surface area contributed by atoms with E-state index in [1.165, 1.54) is 0 Å². The average Bonchev–Trinajstić information content (AvgIpc) is 3.41. The number of ether oxygens (including phenoxy) is 3. The van der Waals surface area contributed by atoms with Gasteiger partial charge in [0.25, 0.3) is 0 Å². The molecule has 0 aliphatic carbocycles. The Morgan fingerprint density at radius 1 is 1.13 bits per heavy atom. The normalized spacial score (nSPS) is 15.7. The highest BCUT2D eigenvalue weighted by Crippen LogP contribution is 2.36.